The zero-order valence-corrected chi connectivity index (χ0v) is 13.7. The maximum atomic E-state index is 9.73. The summed E-state index contributed by atoms with van der Waals surface area (Å²) in [5.74, 6) is 0.562. The van der Waals surface area contributed by atoms with E-state index in [0.29, 0.717) is 23.4 Å². The third-order valence-electron chi connectivity index (χ3n) is 4.18. The second kappa shape index (κ2) is 7.51. The first-order chi connectivity index (χ1) is 11.8. The van der Waals surface area contributed by atoms with E-state index in [1.807, 2.05) is 10.6 Å². The molecule has 1 aliphatic rings. The van der Waals surface area contributed by atoms with E-state index in [2.05, 4.69) is 28.1 Å². The van der Waals surface area contributed by atoms with Gasteiger partial charge in [-0.05, 0) is 24.8 Å². The van der Waals surface area contributed by atoms with E-state index in [1.54, 1.807) is 12.2 Å². The Balaban J connectivity index is 2.07. The topological polar surface area (TPSA) is 73.1 Å². The van der Waals surface area contributed by atoms with Gasteiger partial charge < -0.3 is 9.84 Å². The lowest BCUT2D eigenvalue weighted by Gasteiger charge is -2.25. The molecule has 1 fully saturated rings. The largest absolute Gasteiger partial charge is 0.388 e. The summed E-state index contributed by atoms with van der Waals surface area (Å²) in [7, 11) is 0. The molecule has 0 aliphatic carbocycles. The molecule has 0 amide bonds. The number of rotatable bonds is 6. The molecule has 6 nitrogen and oxygen atoms in total. The van der Waals surface area contributed by atoms with Gasteiger partial charge in [0, 0.05) is 13.0 Å². The standard InChI is InChI=1S/C18H22N4O2/c1-3-7-13(4-2)10-14-17-18(20-12-19-14)22(15(11-23)21-17)16-8-5-6-9-24-16/h3-4,7,12,16,23H,1-2,5-6,8-11H2/b13-7+. The van der Waals surface area contributed by atoms with Gasteiger partial charge >= 0.3 is 0 Å². The van der Waals surface area contributed by atoms with Gasteiger partial charge in [-0.2, -0.15) is 0 Å². The van der Waals surface area contributed by atoms with Gasteiger partial charge in [0.05, 0.1) is 5.69 Å². The molecule has 1 N–H and O–H groups in total. The molecule has 1 saturated heterocycles. The van der Waals surface area contributed by atoms with Crippen molar-refractivity contribution < 1.29 is 9.84 Å². The highest BCUT2D eigenvalue weighted by Gasteiger charge is 2.24. The molecule has 126 valence electrons. The minimum Gasteiger partial charge on any atom is -0.388 e. The van der Waals surface area contributed by atoms with Crippen molar-refractivity contribution in [3.05, 3.63) is 54.8 Å². The Kier molecular flexibility index (Phi) is 5.17. The van der Waals surface area contributed by atoms with Crippen LogP contribution in [0.3, 0.4) is 0 Å². The van der Waals surface area contributed by atoms with Crippen molar-refractivity contribution in [1.29, 1.82) is 0 Å². The van der Waals surface area contributed by atoms with Gasteiger partial charge in [0.15, 0.2) is 5.65 Å². The van der Waals surface area contributed by atoms with Crippen LogP contribution in [0.4, 0.5) is 0 Å². The lowest BCUT2D eigenvalue weighted by molar-refractivity contribution is -0.0329. The van der Waals surface area contributed by atoms with Crippen molar-refractivity contribution in [3.8, 4) is 0 Å². The van der Waals surface area contributed by atoms with Gasteiger partial charge in [-0.3, -0.25) is 4.57 Å². The summed E-state index contributed by atoms with van der Waals surface area (Å²) in [6, 6.07) is 0. The van der Waals surface area contributed by atoms with Gasteiger partial charge in [-0.15, -0.1) is 0 Å². The molecule has 0 aromatic carbocycles. The van der Waals surface area contributed by atoms with Crippen molar-refractivity contribution in [2.24, 2.45) is 0 Å². The first-order valence-electron chi connectivity index (χ1n) is 8.15. The highest BCUT2D eigenvalue weighted by molar-refractivity contribution is 5.74. The number of hydrogen-bond donors (Lipinski definition) is 1. The molecule has 2 aromatic rings. The normalized spacial score (nSPS) is 18.7. The van der Waals surface area contributed by atoms with Crippen LogP contribution in [-0.4, -0.2) is 31.2 Å². The van der Waals surface area contributed by atoms with E-state index in [-0.39, 0.29) is 12.8 Å². The Morgan fingerprint density at radius 3 is 2.92 bits per heavy atom. The third-order valence-corrected chi connectivity index (χ3v) is 4.18. The van der Waals surface area contributed by atoms with Gasteiger partial charge in [0.2, 0.25) is 0 Å². The second-order valence-electron chi connectivity index (χ2n) is 5.73. The van der Waals surface area contributed by atoms with Crippen LogP contribution in [0.1, 0.15) is 37.0 Å². The van der Waals surface area contributed by atoms with Crippen LogP contribution >= 0.6 is 0 Å². The fourth-order valence-electron chi connectivity index (χ4n) is 3.02. The van der Waals surface area contributed by atoms with E-state index in [4.69, 9.17) is 4.74 Å². The van der Waals surface area contributed by atoms with E-state index < -0.39 is 0 Å². The molecule has 0 radical (unpaired) electrons. The van der Waals surface area contributed by atoms with Crippen LogP contribution in [0, 0.1) is 0 Å². The Morgan fingerprint density at radius 1 is 1.38 bits per heavy atom. The summed E-state index contributed by atoms with van der Waals surface area (Å²) in [5, 5.41) is 9.73. The van der Waals surface area contributed by atoms with E-state index in [9.17, 15) is 5.11 Å². The number of ether oxygens (including phenoxy) is 1. The number of aliphatic hydroxyl groups is 1. The maximum absolute atomic E-state index is 9.73. The van der Waals surface area contributed by atoms with Crippen LogP contribution in [0.15, 0.2) is 43.3 Å². The van der Waals surface area contributed by atoms with Gasteiger partial charge in [0.25, 0.3) is 0 Å². The SMILES string of the molecule is C=C/C=C(\C=C)Cc1ncnc2c1nc(CO)n2C1CCCCO1. The third kappa shape index (κ3) is 3.16. The number of nitrogens with zero attached hydrogens (tertiary/aromatic N) is 4. The van der Waals surface area contributed by atoms with Crippen molar-refractivity contribution >= 4 is 11.2 Å². The zero-order chi connectivity index (χ0) is 16.9. The lowest BCUT2D eigenvalue weighted by atomic mass is 10.1. The van der Waals surface area contributed by atoms with Crippen LogP contribution in [0.2, 0.25) is 0 Å². The lowest BCUT2D eigenvalue weighted by Crippen LogP contribution is -2.20. The first-order valence-corrected chi connectivity index (χ1v) is 8.15. The molecule has 2 aromatic heterocycles. The highest BCUT2D eigenvalue weighted by atomic mass is 16.5. The zero-order valence-electron chi connectivity index (χ0n) is 13.7. The van der Waals surface area contributed by atoms with Crippen molar-refractivity contribution in [3.63, 3.8) is 0 Å². The fourth-order valence-corrected chi connectivity index (χ4v) is 3.02. The average molecular weight is 326 g/mol. The van der Waals surface area contributed by atoms with Gasteiger partial charge in [0.1, 0.15) is 30.5 Å². The summed E-state index contributed by atoms with van der Waals surface area (Å²) in [6.45, 7) is 8.10. The minimum atomic E-state index is -0.160. The average Bonchev–Trinajstić information content (AvgIpc) is 3.01. The summed E-state index contributed by atoms with van der Waals surface area (Å²) in [5.41, 5.74) is 3.21. The monoisotopic (exact) mass is 326 g/mol. The molecule has 0 saturated carbocycles. The van der Waals surface area contributed by atoms with Crippen LogP contribution in [0.25, 0.3) is 11.2 Å². The molecule has 3 rings (SSSR count). The molecule has 1 aliphatic heterocycles. The summed E-state index contributed by atoms with van der Waals surface area (Å²) >= 11 is 0. The number of imidazole rings is 1. The van der Waals surface area contributed by atoms with Crippen molar-refractivity contribution in [2.45, 2.75) is 38.5 Å². The Morgan fingerprint density at radius 2 is 2.25 bits per heavy atom. The Labute approximate surface area is 141 Å². The predicted octanol–water partition coefficient (Wildman–Crippen LogP) is 2.86. The summed E-state index contributed by atoms with van der Waals surface area (Å²) < 4.78 is 7.77. The second-order valence-corrected chi connectivity index (χ2v) is 5.73. The number of aliphatic hydroxyl groups excluding tert-OH is 1. The molecule has 1 atom stereocenters. The Bertz CT molecular complexity index is 773. The quantitative estimate of drug-likeness (QED) is 0.826. The predicted molar refractivity (Wildman–Crippen MR) is 92.3 cm³/mol. The Hall–Kier alpha value is -2.31. The number of fused-ring (bicyclic) bond motifs is 1. The van der Waals surface area contributed by atoms with E-state index in [1.165, 1.54) is 6.33 Å². The first kappa shape index (κ1) is 16.5. The number of hydrogen-bond acceptors (Lipinski definition) is 5. The molecule has 6 heteroatoms. The smallest absolute Gasteiger partial charge is 0.165 e. The molecule has 1 unspecified atom stereocenters. The number of aromatic nitrogens is 4. The molecule has 3 heterocycles. The van der Waals surface area contributed by atoms with Gasteiger partial charge in [-0.1, -0.05) is 31.4 Å². The molecular formula is C18H22N4O2. The number of allylic oxidation sites excluding steroid dienone is 4. The highest BCUT2D eigenvalue weighted by Crippen LogP contribution is 2.29. The van der Waals surface area contributed by atoms with Crippen molar-refractivity contribution in [2.75, 3.05) is 6.61 Å². The summed E-state index contributed by atoms with van der Waals surface area (Å²) in [6.07, 6.45) is 10.4. The summed E-state index contributed by atoms with van der Waals surface area (Å²) in [4.78, 5) is 13.4. The molecular weight excluding hydrogens is 304 g/mol. The van der Waals surface area contributed by atoms with Crippen LogP contribution in [-0.2, 0) is 17.8 Å². The fraction of sp³-hybridized carbons (Fsp3) is 0.389. The van der Waals surface area contributed by atoms with E-state index in [0.717, 1.165) is 37.1 Å². The van der Waals surface area contributed by atoms with E-state index >= 15 is 0 Å². The van der Waals surface area contributed by atoms with Gasteiger partial charge in [-0.25, -0.2) is 15.0 Å². The van der Waals surface area contributed by atoms with Crippen LogP contribution < -0.4 is 0 Å². The minimum absolute atomic E-state index is 0.128. The molecule has 0 spiro atoms. The molecule has 24 heavy (non-hydrogen) atoms. The molecule has 0 bridgehead atoms. The van der Waals surface area contributed by atoms with Crippen molar-refractivity contribution in [1.82, 2.24) is 19.5 Å². The maximum Gasteiger partial charge on any atom is 0.165 e. The van der Waals surface area contributed by atoms with Crippen LogP contribution in [0.5, 0.6) is 0 Å².